The van der Waals surface area contributed by atoms with Crippen LogP contribution < -0.4 is 9.64 Å². The molecule has 1 aliphatic rings. The Balaban J connectivity index is 2.24. The Labute approximate surface area is 94.2 Å². The summed E-state index contributed by atoms with van der Waals surface area (Å²) in [4.78, 5) is 10.8. The van der Waals surface area contributed by atoms with E-state index in [0.29, 0.717) is 5.88 Å². The van der Waals surface area contributed by atoms with Gasteiger partial charge < -0.3 is 9.64 Å². The quantitative estimate of drug-likeness (QED) is 0.720. The zero-order valence-corrected chi connectivity index (χ0v) is 9.66. The first-order valence-electron chi connectivity index (χ1n) is 4.97. The van der Waals surface area contributed by atoms with E-state index in [-0.39, 0.29) is 5.38 Å². The number of anilines is 1. The summed E-state index contributed by atoms with van der Waals surface area (Å²) in [6, 6.07) is 1.82. The largest absolute Gasteiger partial charge is 0.481 e. The minimum Gasteiger partial charge on any atom is -0.481 e. The molecule has 0 aliphatic carbocycles. The van der Waals surface area contributed by atoms with Crippen molar-refractivity contribution < 1.29 is 4.74 Å². The van der Waals surface area contributed by atoms with Crippen molar-refractivity contribution in [1.82, 2.24) is 9.97 Å². The monoisotopic (exact) mass is 227 g/mol. The predicted octanol–water partition coefficient (Wildman–Crippen LogP) is 1.61. The van der Waals surface area contributed by atoms with Gasteiger partial charge in [-0.1, -0.05) is 0 Å². The molecule has 82 valence electrons. The first-order chi connectivity index (χ1) is 7.19. The fourth-order valence-electron chi connectivity index (χ4n) is 1.67. The van der Waals surface area contributed by atoms with Gasteiger partial charge in [-0.2, -0.15) is 4.98 Å². The van der Waals surface area contributed by atoms with Crippen LogP contribution in [0.15, 0.2) is 6.07 Å². The average Bonchev–Trinajstić information content (AvgIpc) is 2.64. The molecule has 1 aliphatic heterocycles. The lowest BCUT2D eigenvalue weighted by Gasteiger charge is -2.16. The molecule has 1 atom stereocenters. The van der Waals surface area contributed by atoms with Gasteiger partial charge in [-0.15, -0.1) is 11.6 Å². The smallest absolute Gasteiger partial charge is 0.228 e. The van der Waals surface area contributed by atoms with Crippen LogP contribution in [0.1, 0.15) is 12.1 Å². The van der Waals surface area contributed by atoms with Gasteiger partial charge in [-0.05, 0) is 13.3 Å². The molecule has 4 nitrogen and oxygen atoms in total. The third-order valence-corrected chi connectivity index (χ3v) is 2.80. The zero-order chi connectivity index (χ0) is 10.8. The number of ether oxygens (including phenoxy) is 1. The van der Waals surface area contributed by atoms with E-state index in [4.69, 9.17) is 16.3 Å². The van der Waals surface area contributed by atoms with Gasteiger partial charge in [0.05, 0.1) is 12.5 Å². The molecule has 0 amide bonds. The van der Waals surface area contributed by atoms with E-state index in [2.05, 4.69) is 14.9 Å². The molecule has 0 bridgehead atoms. The number of methoxy groups -OCH3 is 1. The predicted molar refractivity (Wildman–Crippen MR) is 59.8 cm³/mol. The van der Waals surface area contributed by atoms with Crippen LogP contribution in [0.4, 0.5) is 5.95 Å². The van der Waals surface area contributed by atoms with Gasteiger partial charge in [0.1, 0.15) is 0 Å². The first-order valence-corrected chi connectivity index (χ1v) is 5.41. The highest BCUT2D eigenvalue weighted by molar-refractivity contribution is 6.21. The lowest BCUT2D eigenvalue weighted by atomic mass is 10.4. The molecule has 1 saturated heterocycles. The van der Waals surface area contributed by atoms with Gasteiger partial charge in [-0.3, -0.25) is 0 Å². The first kappa shape index (κ1) is 10.5. The van der Waals surface area contributed by atoms with Crippen molar-refractivity contribution in [3.05, 3.63) is 11.8 Å². The fraction of sp³-hybridized carbons (Fsp3) is 0.600. The maximum atomic E-state index is 6.04. The third-order valence-electron chi connectivity index (χ3n) is 2.44. The summed E-state index contributed by atoms with van der Waals surface area (Å²) >= 11 is 6.04. The van der Waals surface area contributed by atoms with E-state index in [9.17, 15) is 0 Å². The van der Waals surface area contributed by atoms with E-state index in [1.54, 1.807) is 7.11 Å². The summed E-state index contributed by atoms with van der Waals surface area (Å²) in [5.74, 6) is 1.32. The Hall–Kier alpha value is -1.03. The van der Waals surface area contributed by atoms with Crippen LogP contribution in [0.5, 0.6) is 5.88 Å². The minimum atomic E-state index is 0.208. The number of hydrogen-bond donors (Lipinski definition) is 0. The lowest BCUT2D eigenvalue weighted by molar-refractivity contribution is 0.396. The van der Waals surface area contributed by atoms with Crippen molar-refractivity contribution in [2.75, 3.05) is 25.1 Å². The van der Waals surface area contributed by atoms with Crippen LogP contribution in [-0.4, -0.2) is 35.5 Å². The highest BCUT2D eigenvalue weighted by atomic mass is 35.5. The second kappa shape index (κ2) is 4.23. The number of alkyl halides is 1. The molecule has 15 heavy (non-hydrogen) atoms. The molecule has 0 radical (unpaired) electrons. The molecule has 1 fully saturated rings. The van der Waals surface area contributed by atoms with E-state index >= 15 is 0 Å². The minimum absolute atomic E-state index is 0.208. The van der Waals surface area contributed by atoms with Crippen molar-refractivity contribution in [3.8, 4) is 5.88 Å². The molecule has 0 aromatic carbocycles. The molecule has 5 heteroatoms. The van der Waals surface area contributed by atoms with E-state index < -0.39 is 0 Å². The normalized spacial score (nSPS) is 20.7. The van der Waals surface area contributed by atoms with E-state index in [1.807, 2.05) is 13.0 Å². The Kier molecular flexibility index (Phi) is 2.95. The molecule has 0 saturated carbocycles. The Bertz CT molecular complexity index is 359. The Morgan fingerprint density at radius 1 is 1.53 bits per heavy atom. The van der Waals surface area contributed by atoms with Gasteiger partial charge in [0, 0.05) is 24.8 Å². The maximum absolute atomic E-state index is 6.04. The van der Waals surface area contributed by atoms with Crippen molar-refractivity contribution in [2.24, 2.45) is 0 Å². The fourth-order valence-corrected chi connectivity index (χ4v) is 1.93. The highest BCUT2D eigenvalue weighted by Gasteiger charge is 2.22. The summed E-state index contributed by atoms with van der Waals surface area (Å²) in [6.07, 6.45) is 0.987. The van der Waals surface area contributed by atoms with Crippen LogP contribution >= 0.6 is 11.6 Å². The van der Waals surface area contributed by atoms with Crippen LogP contribution in [0.2, 0.25) is 0 Å². The molecular formula is C10H14ClN3O. The van der Waals surface area contributed by atoms with Gasteiger partial charge in [0.15, 0.2) is 0 Å². The van der Waals surface area contributed by atoms with Crippen LogP contribution in [-0.2, 0) is 0 Å². The van der Waals surface area contributed by atoms with Crippen molar-refractivity contribution in [3.63, 3.8) is 0 Å². The Morgan fingerprint density at radius 2 is 2.33 bits per heavy atom. The van der Waals surface area contributed by atoms with Crippen LogP contribution in [0.3, 0.4) is 0 Å². The van der Waals surface area contributed by atoms with Crippen LogP contribution in [0, 0.1) is 6.92 Å². The SMILES string of the molecule is COc1cc(C)nc(N2CCC(Cl)C2)n1. The van der Waals surface area contributed by atoms with Gasteiger partial charge >= 0.3 is 0 Å². The summed E-state index contributed by atoms with van der Waals surface area (Å²) in [5.41, 5.74) is 0.912. The van der Waals surface area contributed by atoms with Crippen molar-refractivity contribution >= 4 is 17.5 Å². The standard InChI is InChI=1S/C10H14ClN3O/c1-7-5-9(15-2)13-10(12-7)14-4-3-8(11)6-14/h5,8H,3-4,6H2,1-2H3. The molecule has 0 N–H and O–H groups in total. The molecule has 0 spiro atoms. The highest BCUT2D eigenvalue weighted by Crippen LogP contribution is 2.21. The zero-order valence-electron chi connectivity index (χ0n) is 8.90. The maximum Gasteiger partial charge on any atom is 0.228 e. The van der Waals surface area contributed by atoms with Crippen molar-refractivity contribution in [2.45, 2.75) is 18.7 Å². The number of aryl methyl sites for hydroxylation is 1. The number of hydrogen-bond acceptors (Lipinski definition) is 4. The number of nitrogens with zero attached hydrogens (tertiary/aromatic N) is 3. The van der Waals surface area contributed by atoms with Gasteiger partial charge in [0.2, 0.25) is 11.8 Å². The molecule has 2 heterocycles. The number of halogens is 1. The number of aromatic nitrogens is 2. The lowest BCUT2D eigenvalue weighted by Crippen LogP contribution is -2.22. The Morgan fingerprint density at radius 3 is 2.93 bits per heavy atom. The second-order valence-electron chi connectivity index (χ2n) is 3.68. The summed E-state index contributed by atoms with van der Waals surface area (Å²) in [7, 11) is 1.61. The summed E-state index contributed by atoms with van der Waals surface area (Å²) in [5, 5.41) is 0.208. The molecule has 1 unspecified atom stereocenters. The number of rotatable bonds is 2. The van der Waals surface area contributed by atoms with Crippen molar-refractivity contribution in [1.29, 1.82) is 0 Å². The molecular weight excluding hydrogens is 214 g/mol. The third kappa shape index (κ3) is 2.31. The molecule has 1 aromatic heterocycles. The average molecular weight is 228 g/mol. The topological polar surface area (TPSA) is 38.2 Å². The van der Waals surface area contributed by atoms with E-state index in [1.165, 1.54) is 0 Å². The summed E-state index contributed by atoms with van der Waals surface area (Å²) in [6.45, 7) is 3.66. The second-order valence-corrected chi connectivity index (χ2v) is 4.30. The van der Waals surface area contributed by atoms with Gasteiger partial charge in [0.25, 0.3) is 0 Å². The molecule has 1 aromatic rings. The van der Waals surface area contributed by atoms with Gasteiger partial charge in [-0.25, -0.2) is 4.98 Å². The molecule has 2 rings (SSSR count). The van der Waals surface area contributed by atoms with Crippen LogP contribution in [0.25, 0.3) is 0 Å². The van der Waals surface area contributed by atoms with E-state index in [0.717, 1.165) is 31.2 Å². The summed E-state index contributed by atoms with van der Waals surface area (Å²) < 4.78 is 5.11.